The Labute approximate surface area is 131 Å². The fourth-order valence-corrected chi connectivity index (χ4v) is 2.21. The first-order valence-electron chi connectivity index (χ1n) is 7.24. The molecule has 3 aromatic rings. The number of hydrogen-bond acceptors (Lipinski definition) is 6. The lowest BCUT2D eigenvalue weighted by Gasteiger charge is -2.07. The van der Waals surface area contributed by atoms with Crippen LogP contribution < -0.4 is 0 Å². The maximum absolute atomic E-state index is 12.3. The summed E-state index contributed by atoms with van der Waals surface area (Å²) in [5, 5.41) is 8.05. The van der Waals surface area contributed by atoms with Gasteiger partial charge in [-0.05, 0) is 12.5 Å². The lowest BCUT2D eigenvalue weighted by molar-refractivity contribution is 0.0495. The van der Waals surface area contributed by atoms with Crippen LogP contribution in [-0.4, -0.2) is 43.6 Å². The molecule has 0 aliphatic rings. The quantitative estimate of drug-likeness (QED) is 0.423. The van der Waals surface area contributed by atoms with Crippen molar-refractivity contribution in [2.24, 2.45) is 0 Å². The lowest BCUT2D eigenvalue weighted by atomic mass is 10.2. The van der Waals surface area contributed by atoms with E-state index < -0.39 is 5.97 Å². The molecule has 1 N–H and O–H groups in total. The molecule has 0 unspecified atom stereocenters. The van der Waals surface area contributed by atoms with Crippen molar-refractivity contribution in [3.63, 3.8) is 0 Å². The number of esters is 1. The number of H-pyrrole nitrogens is 1. The smallest absolute Gasteiger partial charge is 0.359 e. The van der Waals surface area contributed by atoms with Crippen molar-refractivity contribution in [3.05, 3.63) is 36.2 Å². The number of aldehydes is 1. The summed E-state index contributed by atoms with van der Waals surface area (Å²) in [6.07, 6.45) is 6.90. The van der Waals surface area contributed by atoms with Crippen LogP contribution in [0.1, 0.15) is 40.6 Å². The molecule has 3 heterocycles. The average Bonchev–Trinajstić information content (AvgIpc) is 3.23. The second kappa shape index (κ2) is 6.39. The van der Waals surface area contributed by atoms with Gasteiger partial charge in [0.05, 0.1) is 12.1 Å². The van der Waals surface area contributed by atoms with E-state index >= 15 is 0 Å². The van der Waals surface area contributed by atoms with E-state index in [4.69, 9.17) is 4.74 Å². The number of nitrogens with zero attached hydrogens (tertiary/aromatic N) is 4. The Morgan fingerprint density at radius 1 is 1.39 bits per heavy atom. The van der Waals surface area contributed by atoms with Gasteiger partial charge in [-0.2, -0.15) is 0 Å². The van der Waals surface area contributed by atoms with Gasteiger partial charge in [-0.1, -0.05) is 13.3 Å². The van der Waals surface area contributed by atoms with Crippen molar-refractivity contribution in [3.8, 4) is 5.82 Å². The number of rotatable bonds is 6. The number of carbonyl (C=O) groups excluding carboxylic acids is 2. The third-order valence-electron chi connectivity index (χ3n) is 3.42. The Morgan fingerprint density at radius 2 is 2.17 bits per heavy atom. The van der Waals surface area contributed by atoms with Crippen molar-refractivity contribution in [2.45, 2.75) is 19.8 Å². The Balaban J connectivity index is 2.09. The van der Waals surface area contributed by atoms with Gasteiger partial charge in [0.1, 0.15) is 18.5 Å². The maximum Gasteiger partial charge on any atom is 0.359 e. The van der Waals surface area contributed by atoms with Crippen molar-refractivity contribution in [1.29, 1.82) is 0 Å². The molecule has 0 amide bonds. The molecular weight excluding hydrogens is 298 g/mol. The highest BCUT2D eigenvalue weighted by molar-refractivity contribution is 6.06. The number of aromatic nitrogens is 5. The summed E-state index contributed by atoms with van der Waals surface area (Å²) in [7, 11) is 0. The molecule has 8 heteroatoms. The zero-order chi connectivity index (χ0) is 16.2. The van der Waals surface area contributed by atoms with Crippen molar-refractivity contribution in [1.82, 2.24) is 24.7 Å². The van der Waals surface area contributed by atoms with Gasteiger partial charge in [-0.25, -0.2) is 9.78 Å². The Morgan fingerprint density at radius 3 is 2.87 bits per heavy atom. The first-order valence-corrected chi connectivity index (χ1v) is 7.24. The van der Waals surface area contributed by atoms with Crippen LogP contribution in [-0.2, 0) is 4.74 Å². The van der Waals surface area contributed by atoms with Crippen LogP contribution in [0.4, 0.5) is 0 Å². The molecule has 0 fully saturated rings. The highest BCUT2D eigenvalue weighted by Crippen LogP contribution is 2.23. The molecule has 0 aliphatic heterocycles. The van der Waals surface area contributed by atoms with E-state index in [0.717, 1.165) is 19.1 Å². The molecule has 0 aliphatic carbocycles. The van der Waals surface area contributed by atoms with Gasteiger partial charge in [-0.3, -0.25) is 9.36 Å². The summed E-state index contributed by atoms with van der Waals surface area (Å²) in [5.41, 5.74) is 1.06. The monoisotopic (exact) mass is 313 g/mol. The molecule has 0 radical (unpaired) electrons. The lowest BCUT2D eigenvalue weighted by Crippen LogP contribution is -2.11. The van der Waals surface area contributed by atoms with E-state index in [9.17, 15) is 9.59 Å². The first-order chi connectivity index (χ1) is 11.2. The second-order valence-corrected chi connectivity index (χ2v) is 4.97. The van der Waals surface area contributed by atoms with Crippen molar-refractivity contribution in [2.75, 3.05) is 6.61 Å². The van der Waals surface area contributed by atoms with Gasteiger partial charge < -0.3 is 9.72 Å². The van der Waals surface area contributed by atoms with Gasteiger partial charge in [0.2, 0.25) is 0 Å². The topological polar surface area (TPSA) is 103 Å². The standard InChI is InChI=1S/C15H15N5O3/c1-2-3-4-23-15(22)14-13-11(10(7-21)6-16-13)5-12(19-14)20-8-17-18-9-20/h5-9,16H,2-4H2,1H3. The van der Waals surface area contributed by atoms with Gasteiger partial charge in [0.15, 0.2) is 12.0 Å². The molecular formula is C15H15N5O3. The van der Waals surface area contributed by atoms with Gasteiger partial charge in [0, 0.05) is 17.1 Å². The Kier molecular flexibility index (Phi) is 4.13. The zero-order valence-electron chi connectivity index (χ0n) is 12.5. The number of carbonyl (C=O) groups is 2. The third kappa shape index (κ3) is 2.83. The number of ether oxygens (including phenoxy) is 1. The molecule has 8 nitrogen and oxygen atoms in total. The predicted molar refractivity (Wildman–Crippen MR) is 81.6 cm³/mol. The highest BCUT2D eigenvalue weighted by atomic mass is 16.5. The predicted octanol–water partition coefficient (Wildman–Crippen LogP) is 1.91. The van der Waals surface area contributed by atoms with Crippen molar-refractivity contribution < 1.29 is 14.3 Å². The molecule has 0 atom stereocenters. The summed E-state index contributed by atoms with van der Waals surface area (Å²) in [5.74, 6) is -0.0923. The second-order valence-electron chi connectivity index (χ2n) is 4.97. The molecule has 0 spiro atoms. The summed E-state index contributed by atoms with van der Waals surface area (Å²) in [6, 6.07) is 1.70. The van der Waals surface area contributed by atoms with Gasteiger partial charge in [0.25, 0.3) is 0 Å². The number of aromatic amines is 1. The van der Waals surface area contributed by atoms with E-state index in [0.29, 0.717) is 28.9 Å². The molecule has 118 valence electrons. The molecule has 0 aromatic carbocycles. The summed E-state index contributed by atoms with van der Waals surface area (Å²) in [4.78, 5) is 30.8. The molecule has 0 saturated heterocycles. The minimum Gasteiger partial charge on any atom is -0.461 e. The normalized spacial score (nSPS) is 10.8. The molecule has 23 heavy (non-hydrogen) atoms. The third-order valence-corrected chi connectivity index (χ3v) is 3.42. The Bertz CT molecular complexity index is 838. The van der Waals surface area contributed by atoms with E-state index in [1.807, 2.05) is 6.92 Å². The van der Waals surface area contributed by atoms with E-state index in [1.54, 1.807) is 10.6 Å². The van der Waals surface area contributed by atoms with E-state index in [-0.39, 0.29) is 5.69 Å². The minimum atomic E-state index is -0.530. The van der Waals surface area contributed by atoms with Crippen molar-refractivity contribution >= 4 is 23.2 Å². The average molecular weight is 313 g/mol. The first kappa shape index (κ1) is 14.9. The zero-order valence-corrected chi connectivity index (χ0v) is 12.5. The molecule has 3 aromatic heterocycles. The van der Waals surface area contributed by atoms with E-state index in [2.05, 4.69) is 20.2 Å². The van der Waals surface area contributed by atoms with Gasteiger partial charge >= 0.3 is 5.97 Å². The van der Waals surface area contributed by atoms with Crippen LogP contribution in [0.2, 0.25) is 0 Å². The van der Waals surface area contributed by atoms with E-state index in [1.165, 1.54) is 18.9 Å². The minimum absolute atomic E-state index is 0.135. The van der Waals surface area contributed by atoms with Crippen LogP contribution in [0.5, 0.6) is 0 Å². The number of hydrogen-bond donors (Lipinski definition) is 1. The summed E-state index contributed by atoms with van der Waals surface area (Å²) in [6.45, 7) is 2.34. The number of nitrogens with one attached hydrogen (secondary N) is 1. The summed E-state index contributed by atoms with van der Waals surface area (Å²) >= 11 is 0. The van der Waals surface area contributed by atoms with Crippen LogP contribution >= 0.6 is 0 Å². The van der Waals surface area contributed by atoms with Crippen LogP contribution in [0.25, 0.3) is 16.7 Å². The molecule has 0 saturated carbocycles. The highest BCUT2D eigenvalue weighted by Gasteiger charge is 2.19. The largest absolute Gasteiger partial charge is 0.461 e. The fourth-order valence-electron chi connectivity index (χ4n) is 2.21. The number of pyridine rings is 1. The number of unbranched alkanes of at least 4 members (excludes halogenated alkanes) is 1. The van der Waals surface area contributed by atoms with Crippen LogP contribution in [0.15, 0.2) is 24.9 Å². The molecule has 0 bridgehead atoms. The number of fused-ring (bicyclic) bond motifs is 1. The Hall–Kier alpha value is -3.03. The summed E-state index contributed by atoms with van der Waals surface area (Å²) < 4.78 is 6.80. The van der Waals surface area contributed by atoms with Crippen LogP contribution in [0, 0.1) is 0 Å². The SMILES string of the molecule is CCCCOC(=O)c1nc(-n2cnnc2)cc2c(C=O)c[nH]c12. The van der Waals surface area contributed by atoms with Gasteiger partial charge in [-0.15, -0.1) is 10.2 Å². The fraction of sp³-hybridized carbons (Fsp3) is 0.267. The molecule has 3 rings (SSSR count). The van der Waals surface area contributed by atoms with Crippen LogP contribution in [0.3, 0.4) is 0 Å². The maximum atomic E-state index is 12.3.